The van der Waals surface area contributed by atoms with E-state index in [9.17, 15) is 5.11 Å². The average molecular weight is 655 g/mol. The smallest absolute Gasteiger partial charge is 0.115 e. The molecule has 2 aliphatic carbocycles. The second-order valence-electron chi connectivity index (χ2n) is 15.5. The molecule has 0 bridgehead atoms. The van der Waals surface area contributed by atoms with Crippen molar-refractivity contribution in [1.29, 1.82) is 0 Å². The van der Waals surface area contributed by atoms with E-state index in [0.29, 0.717) is 0 Å². The molecule has 0 atom stereocenters. The molecular formula is C50H38O. The lowest BCUT2D eigenvalue weighted by Gasteiger charge is -2.24. The van der Waals surface area contributed by atoms with Gasteiger partial charge in [-0.15, -0.1) is 0 Å². The van der Waals surface area contributed by atoms with Crippen molar-refractivity contribution in [3.63, 3.8) is 0 Å². The van der Waals surface area contributed by atoms with Gasteiger partial charge < -0.3 is 5.11 Å². The minimum absolute atomic E-state index is 0.0266. The number of phenolic OH excluding ortho intramolecular Hbond substituents is 1. The van der Waals surface area contributed by atoms with Crippen molar-refractivity contribution in [2.45, 2.75) is 38.5 Å². The third-order valence-electron chi connectivity index (χ3n) is 12.0. The molecule has 0 amide bonds. The molecule has 0 spiro atoms. The molecule has 51 heavy (non-hydrogen) atoms. The van der Waals surface area contributed by atoms with E-state index in [-0.39, 0.29) is 16.6 Å². The van der Waals surface area contributed by atoms with E-state index in [4.69, 9.17) is 0 Å². The number of hydrogen-bond donors (Lipinski definition) is 1. The van der Waals surface area contributed by atoms with Crippen LogP contribution in [0, 0.1) is 0 Å². The molecule has 0 unspecified atom stereocenters. The van der Waals surface area contributed by atoms with Gasteiger partial charge in [-0.25, -0.2) is 0 Å². The number of fused-ring (bicyclic) bond motifs is 8. The second kappa shape index (κ2) is 10.5. The summed E-state index contributed by atoms with van der Waals surface area (Å²) in [6, 6.07) is 55.4. The molecule has 0 saturated carbocycles. The normalized spacial score (nSPS) is 14.7. The average Bonchev–Trinajstić information content (AvgIpc) is 3.52. The van der Waals surface area contributed by atoms with Gasteiger partial charge in [0.15, 0.2) is 0 Å². The van der Waals surface area contributed by atoms with Gasteiger partial charge >= 0.3 is 0 Å². The van der Waals surface area contributed by atoms with Crippen LogP contribution in [0.4, 0.5) is 0 Å². The first kappa shape index (κ1) is 29.9. The summed E-state index contributed by atoms with van der Waals surface area (Å²) < 4.78 is 0. The fraction of sp³-hybridized carbons (Fsp3) is 0.120. The standard InChI is InChI=1S/C50H38O/c1-49(2)43-16-10-9-11-35(43)36-24-19-31(27-44(36)49)32-20-25-37-38-26-21-33(29-46(38)50(3,4)45(37)28-32)48-41-14-7-5-12-39(41)47(30-17-22-34(51)23-18-30)40-13-6-8-15-42(40)48/h5-29,51H,1-4H3. The maximum atomic E-state index is 10.1. The lowest BCUT2D eigenvalue weighted by molar-refractivity contribution is 0.475. The Labute approximate surface area is 299 Å². The zero-order valence-electron chi connectivity index (χ0n) is 29.4. The van der Waals surface area contributed by atoms with E-state index in [1.54, 1.807) is 12.1 Å². The lowest BCUT2D eigenvalue weighted by atomic mass is 9.79. The molecule has 0 heterocycles. The molecular weight excluding hydrogens is 617 g/mol. The maximum absolute atomic E-state index is 10.1. The molecule has 10 rings (SSSR count). The van der Waals surface area contributed by atoms with E-state index in [1.165, 1.54) is 93.9 Å². The lowest BCUT2D eigenvalue weighted by Crippen LogP contribution is -2.15. The van der Waals surface area contributed by atoms with Gasteiger partial charge in [0.25, 0.3) is 0 Å². The van der Waals surface area contributed by atoms with E-state index in [2.05, 4.69) is 155 Å². The van der Waals surface area contributed by atoms with Gasteiger partial charge in [-0.1, -0.05) is 149 Å². The monoisotopic (exact) mass is 654 g/mol. The molecule has 0 fully saturated rings. The predicted octanol–water partition coefficient (Wildman–Crippen LogP) is 13.3. The van der Waals surface area contributed by atoms with Crippen LogP contribution in [0.25, 0.3) is 77.2 Å². The highest BCUT2D eigenvalue weighted by molar-refractivity contribution is 6.21. The first-order chi connectivity index (χ1) is 24.7. The Morgan fingerprint density at radius 1 is 0.333 bits per heavy atom. The minimum atomic E-state index is -0.166. The van der Waals surface area contributed by atoms with Crippen LogP contribution >= 0.6 is 0 Å². The van der Waals surface area contributed by atoms with Crippen LogP contribution in [0.1, 0.15) is 49.9 Å². The van der Waals surface area contributed by atoms with Crippen molar-refractivity contribution in [2.24, 2.45) is 0 Å². The first-order valence-electron chi connectivity index (χ1n) is 18.0. The van der Waals surface area contributed by atoms with Gasteiger partial charge in [-0.2, -0.15) is 0 Å². The van der Waals surface area contributed by atoms with Crippen LogP contribution < -0.4 is 0 Å². The summed E-state index contributed by atoms with van der Waals surface area (Å²) in [6.45, 7) is 9.49. The topological polar surface area (TPSA) is 20.2 Å². The summed E-state index contributed by atoms with van der Waals surface area (Å²) in [4.78, 5) is 0. The Bertz CT molecular complexity index is 2690. The zero-order chi connectivity index (χ0) is 34.6. The molecule has 0 radical (unpaired) electrons. The number of hydrogen-bond acceptors (Lipinski definition) is 1. The number of benzene rings is 8. The Morgan fingerprint density at radius 2 is 0.686 bits per heavy atom. The maximum Gasteiger partial charge on any atom is 0.115 e. The quantitative estimate of drug-likeness (QED) is 0.188. The fourth-order valence-corrected chi connectivity index (χ4v) is 9.33. The molecule has 1 heteroatoms. The van der Waals surface area contributed by atoms with Gasteiger partial charge in [-0.3, -0.25) is 0 Å². The summed E-state index contributed by atoms with van der Waals surface area (Å²) in [5.41, 5.74) is 18.1. The largest absolute Gasteiger partial charge is 0.508 e. The van der Waals surface area contributed by atoms with E-state index in [0.717, 1.165) is 5.56 Å². The molecule has 0 aliphatic heterocycles. The van der Waals surface area contributed by atoms with Crippen LogP contribution in [0.2, 0.25) is 0 Å². The van der Waals surface area contributed by atoms with Gasteiger partial charge in [0, 0.05) is 10.8 Å². The van der Waals surface area contributed by atoms with Crippen LogP contribution in [0.15, 0.2) is 152 Å². The van der Waals surface area contributed by atoms with Crippen LogP contribution in [0.3, 0.4) is 0 Å². The van der Waals surface area contributed by atoms with Gasteiger partial charge in [0.2, 0.25) is 0 Å². The van der Waals surface area contributed by atoms with Crippen molar-refractivity contribution in [2.75, 3.05) is 0 Å². The second-order valence-corrected chi connectivity index (χ2v) is 15.5. The van der Waals surface area contributed by atoms with Crippen molar-refractivity contribution in [1.82, 2.24) is 0 Å². The summed E-state index contributed by atoms with van der Waals surface area (Å²) >= 11 is 0. The summed E-state index contributed by atoms with van der Waals surface area (Å²) in [7, 11) is 0. The number of aromatic hydroxyl groups is 1. The first-order valence-corrected chi connectivity index (χ1v) is 18.0. The Kier molecular flexibility index (Phi) is 6.19. The van der Waals surface area contributed by atoms with Gasteiger partial charge in [0.05, 0.1) is 0 Å². The number of rotatable bonds is 3. The molecule has 1 nitrogen and oxygen atoms in total. The molecule has 244 valence electrons. The molecule has 8 aromatic carbocycles. The summed E-state index contributed by atoms with van der Waals surface area (Å²) in [5, 5.41) is 15.0. The summed E-state index contributed by atoms with van der Waals surface area (Å²) in [6.07, 6.45) is 0. The van der Waals surface area contributed by atoms with Crippen molar-refractivity contribution in [3.8, 4) is 61.4 Å². The van der Waals surface area contributed by atoms with E-state index in [1.807, 2.05) is 12.1 Å². The van der Waals surface area contributed by atoms with Gasteiger partial charge in [-0.05, 0) is 130 Å². The highest BCUT2D eigenvalue weighted by Gasteiger charge is 2.37. The predicted molar refractivity (Wildman–Crippen MR) is 215 cm³/mol. The molecule has 8 aromatic rings. The van der Waals surface area contributed by atoms with Crippen LogP contribution in [0.5, 0.6) is 5.75 Å². The Hall–Kier alpha value is -5.92. The molecule has 1 N–H and O–H groups in total. The highest BCUT2D eigenvalue weighted by atomic mass is 16.3. The third-order valence-corrected chi connectivity index (χ3v) is 12.0. The Morgan fingerprint density at radius 3 is 1.20 bits per heavy atom. The molecule has 2 aliphatic rings. The minimum Gasteiger partial charge on any atom is -0.508 e. The van der Waals surface area contributed by atoms with Gasteiger partial charge in [0.1, 0.15) is 5.75 Å². The fourth-order valence-electron chi connectivity index (χ4n) is 9.33. The number of phenols is 1. The van der Waals surface area contributed by atoms with Crippen LogP contribution in [-0.4, -0.2) is 5.11 Å². The molecule has 0 saturated heterocycles. The SMILES string of the molecule is CC1(C)c2ccccc2-c2ccc(-c3ccc4c(c3)C(C)(C)c3cc(-c5c6ccccc6c(-c6ccc(O)cc6)c6ccccc56)ccc3-4)cc21. The van der Waals surface area contributed by atoms with Crippen LogP contribution in [-0.2, 0) is 10.8 Å². The zero-order valence-corrected chi connectivity index (χ0v) is 29.4. The highest BCUT2D eigenvalue weighted by Crippen LogP contribution is 2.53. The van der Waals surface area contributed by atoms with Crippen molar-refractivity contribution < 1.29 is 5.11 Å². The van der Waals surface area contributed by atoms with E-state index < -0.39 is 0 Å². The molecule has 0 aromatic heterocycles. The van der Waals surface area contributed by atoms with Crippen molar-refractivity contribution >= 4 is 21.5 Å². The Balaban J connectivity index is 1.11. The summed E-state index contributed by atoms with van der Waals surface area (Å²) in [5.74, 6) is 0.278. The van der Waals surface area contributed by atoms with Crippen molar-refractivity contribution in [3.05, 3.63) is 174 Å². The van der Waals surface area contributed by atoms with E-state index >= 15 is 0 Å². The third kappa shape index (κ3) is 4.22.